The van der Waals surface area contributed by atoms with E-state index in [2.05, 4.69) is 87.1 Å². The van der Waals surface area contributed by atoms with Crippen molar-refractivity contribution in [3.63, 3.8) is 0 Å². The molecule has 0 fully saturated rings. The number of hydrogen-bond acceptors (Lipinski definition) is 3. The quantitative estimate of drug-likeness (QED) is 0.530. The van der Waals surface area contributed by atoms with Gasteiger partial charge in [0.2, 0.25) is 0 Å². The topological polar surface area (TPSA) is 44.0 Å². The van der Waals surface area contributed by atoms with E-state index >= 15 is 0 Å². The van der Waals surface area contributed by atoms with Crippen LogP contribution in [-0.4, -0.2) is 16.7 Å². The number of nitrogens with zero attached hydrogens (tertiary/aromatic N) is 2. The van der Waals surface area contributed by atoms with Crippen LogP contribution in [0.1, 0.15) is 22.3 Å². The molecule has 0 atom stereocenters. The van der Waals surface area contributed by atoms with Crippen LogP contribution < -0.4 is 10.2 Å². The summed E-state index contributed by atoms with van der Waals surface area (Å²) in [7, 11) is 0. The molecule has 5 rings (SSSR count). The van der Waals surface area contributed by atoms with Crippen molar-refractivity contribution in [3.8, 4) is 0 Å². The monoisotopic (exact) mass is 368 g/mol. The van der Waals surface area contributed by atoms with Crippen LogP contribution in [0.3, 0.4) is 0 Å². The number of H-pyrrole nitrogens is 1. The van der Waals surface area contributed by atoms with Crippen LogP contribution in [0.2, 0.25) is 0 Å². The van der Waals surface area contributed by atoms with E-state index in [1.54, 1.807) is 0 Å². The van der Waals surface area contributed by atoms with E-state index in [1.807, 2.05) is 6.20 Å². The van der Waals surface area contributed by atoms with Gasteiger partial charge in [-0.1, -0.05) is 54.6 Å². The molecule has 1 aliphatic heterocycles. The molecule has 0 aliphatic carbocycles. The molecule has 0 saturated carbocycles. The zero-order valence-corrected chi connectivity index (χ0v) is 15.9. The first-order chi connectivity index (χ1) is 13.9. The third kappa shape index (κ3) is 3.39. The van der Waals surface area contributed by atoms with Gasteiger partial charge in [-0.05, 0) is 40.8 Å². The number of rotatable bonds is 6. The Kier molecular flexibility index (Phi) is 4.55. The first-order valence-corrected chi connectivity index (χ1v) is 9.89. The predicted octanol–water partition coefficient (Wildman–Crippen LogP) is 4.42. The van der Waals surface area contributed by atoms with Gasteiger partial charge in [0.05, 0.1) is 11.7 Å². The Bertz CT molecular complexity index is 1080. The fraction of sp³-hybridized carbons (Fsp3) is 0.208. The lowest BCUT2D eigenvalue weighted by Gasteiger charge is -2.19. The Morgan fingerprint density at radius 1 is 0.893 bits per heavy atom. The third-order valence-corrected chi connectivity index (χ3v) is 5.60. The predicted molar refractivity (Wildman–Crippen MR) is 114 cm³/mol. The van der Waals surface area contributed by atoms with Crippen molar-refractivity contribution in [2.24, 2.45) is 0 Å². The summed E-state index contributed by atoms with van der Waals surface area (Å²) >= 11 is 0. The second-order valence-electron chi connectivity index (χ2n) is 7.47. The summed E-state index contributed by atoms with van der Waals surface area (Å²) in [5.41, 5.74) is 7.90. The van der Waals surface area contributed by atoms with Crippen LogP contribution in [-0.2, 0) is 26.1 Å². The highest BCUT2D eigenvalue weighted by Crippen LogP contribution is 2.28. The van der Waals surface area contributed by atoms with Gasteiger partial charge in [-0.25, -0.2) is 0 Å². The van der Waals surface area contributed by atoms with Gasteiger partial charge >= 0.3 is 0 Å². The maximum Gasteiger partial charge on any atom is 0.0653 e. The van der Waals surface area contributed by atoms with Crippen molar-refractivity contribution in [1.29, 1.82) is 0 Å². The van der Waals surface area contributed by atoms with E-state index in [-0.39, 0.29) is 0 Å². The minimum atomic E-state index is 0.836. The van der Waals surface area contributed by atoms with Crippen molar-refractivity contribution in [1.82, 2.24) is 15.5 Å². The molecule has 0 saturated heterocycles. The van der Waals surface area contributed by atoms with Gasteiger partial charge in [0.25, 0.3) is 0 Å². The zero-order chi connectivity index (χ0) is 18.8. The van der Waals surface area contributed by atoms with Gasteiger partial charge < -0.3 is 10.2 Å². The van der Waals surface area contributed by atoms with Gasteiger partial charge in [-0.2, -0.15) is 5.10 Å². The molecule has 2 N–H and O–H groups in total. The number of aromatic amines is 1. The minimum Gasteiger partial charge on any atom is -0.367 e. The molecule has 0 amide bonds. The van der Waals surface area contributed by atoms with Gasteiger partial charge in [0, 0.05) is 37.3 Å². The van der Waals surface area contributed by atoms with E-state index in [4.69, 9.17) is 0 Å². The summed E-state index contributed by atoms with van der Waals surface area (Å²) in [6.07, 6.45) is 3.05. The molecular weight excluding hydrogens is 344 g/mol. The number of aromatic nitrogens is 2. The van der Waals surface area contributed by atoms with Gasteiger partial charge in [0.1, 0.15) is 0 Å². The summed E-state index contributed by atoms with van der Waals surface area (Å²) in [6, 6.07) is 24.0. The van der Waals surface area contributed by atoms with Crippen molar-refractivity contribution >= 4 is 16.6 Å². The molecule has 1 aliphatic rings. The Balaban J connectivity index is 1.19. The summed E-state index contributed by atoms with van der Waals surface area (Å²) in [5.74, 6) is 0. The fourth-order valence-corrected chi connectivity index (χ4v) is 4.08. The second-order valence-corrected chi connectivity index (χ2v) is 7.47. The van der Waals surface area contributed by atoms with Crippen LogP contribution in [0, 0.1) is 0 Å². The standard InChI is InChI=1S/C24H24N4/c1-2-7-24-20(4-1)12-13-28(24)17-19-10-8-18(9-11-19)14-25-15-21-5-3-6-23-22(21)16-26-27-23/h1-11,16,25H,12-15,17H2,(H,26,27). The highest BCUT2D eigenvalue weighted by Gasteiger charge is 2.18. The fourth-order valence-electron chi connectivity index (χ4n) is 4.08. The molecule has 0 bridgehead atoms. The van der Waals surface area contributed by atoms with E-state index in [0.717, 1.165) is 38.1 Å². The Labute approximate surface area is 165 Å². The first-order valence-electron chi connectivity index (χ1n) is 9.89. The molecule has 0 spiro atoms. The number of hydrogen-bond donors (Lipinski definition) is 2. The Morgan fingerprint density at radius 2 is 1.75 bits per heavy atom. The Morgan fingerprint density at radius 3 is 2.68 bits per heavy atom. The molecule has 3 aromatic carbocycles. The Hall–Kier alpha value is -3.11. The van der Waals surface area contributed by atoms with Gasteiger partial charge in [0.15, 0.2) is 0 Å². The van der Waals surface area contributed by atoms with E-state index in [1.165, 1.54) is 33.3 Å². The summed E-state index contributed by atoms with van der Waals surface area (Å²) < 4.78 is 0. The molecule has 4 nitrogen and oxygen atoms in total. The average Bonchev–Trinajstić information content (AvgIpc) is 3.37. The maximum absolute atomic E-state index is 4.14. The van der Waals surface area contributed by atoms with E-state index < -0.39 is 0 Å². The SMILES string of the molecule is c1ccc2c(c1)CCN2Cc1ccc(CNCc2cccc3[nH]ncc23)cc1. The number of benzene rings is 3. The van der Waals surface area contributed by atoms with Crippen LogP contribution in [0.25, 0.3) is 10.9 Å². The second kappa shape index (κ2) is 7.49. The van der Waals surface area contributed by atoms with Gasteiger partial charge in [-0.3, -0.25) is 5.10 Å². The molecular formula is C24H24N4. The average molecular weight is 368 g/mol. The summed E-state index contributed by atoms with van der Waals surface area (Å²) in [4.78, 5) is 2.48. The van der Waals surface area contributed by atoms with Crippen molar-refractivity contribution in [2.75, 3.05) is 11.4 Å². The van der Waals surface area contributed by atoms with Crippen LogP contribution >= 0.6 is 0 Å². The van der Waals surface area contributed by atoms with E-state index in [0.29, 0.717) is 0 Å². The lowest BCUT2D eigenvalue weighted by Crippen LogP contribution is -2.19. The highest BCUT2D eigenvalue weighted by atomic mass is 15.1. The van der Waals surface area contributed by atoms with Crippen molar-refractivity contribution in [2.45, 2.75) is 26.1 Å². The normalized spacial score (nSPS) is 13.2. The lowest BCUT2D eigenvalue weighted by atomic mass is 10.1. The number of anilines is 1. The van der Waals surface area contributed by atoms with Gasteiger partial charge in [-0.15, -0.1) is 0 Å². The molecule has 0 radical (unpaired) electrons. The zero-order valence-electron chi connectivity index (χ0n) is 15.9. The number of fused-ring (bicyclic) bond motifs is 2. The molecule has 140 valence electrons. The largest absolute Gasteiger partial charge is 0.367 e. The summed E-state index contributed by atoms with van der Waals surface area (Å²) in [6.45, 7) is 3.79. The van der Waals surface area contributed by atoms with Crippen LogP contribution in [0.15, 0.2) is 72.9 Å². The van der Waals surface area contributed by atoms with Crippen molar-refractivity contribution in [3.05, 3.63) is 95.2 Å². The number of nitrogens with one attached hydrogen (secondary N) is 2. The van der Waals surface area contributed by atoms with Crippen LogP contribution in [0.4, 0.5) is 5.69 Å². The lowest BCUT2D eigenvalue weighted by molar-refractivity contribution is 0.696. The molecule has 2 heterocycles. The van der Waals surface area contributed by atoms with Crippen LogP contribution in [0.5, 0.6) is 0 Å². The number of para-hydroxylation sites is 1. The summed E-state index contributed by atoms with van der Waals surface area (Å²) in [5, 5.41) is 11.9. The molecule has 28 heavy (non-hydrogen) atoms. The molecule has 4 heteroatoms. The smallest absolute Gasteiger partial charge is 0.0653 e. The minimum absolute atomic E-state index is 0.836. The van der Waals surface area contributed by atoms with E-state index in [9.17, 15) is 0 Å². The molecule has 0 unspecified atom stereocenters. The maximum atomic E-state index is 4.14. The highest BCUT2D eigenvalue weighted by molar-refractivity contribution is 5.81. The third-order valence-electron chi connectivity index (χ3n) is 5.60. The molecule has 4 aromatic rings. The molecule has 1 aromatic heterocycles. The first kappa shape index (κ1) is 17.0. The van der Waals surface area contributed by atoms with Crippen molar-refractivity contribution < 1.29 is 0 Å².